The Hall–Kier alpha value is -0.900. The average molecular weight is 198 g/mol. The van der Waals surface area contributed by atoms with Gasteiger partial charge >= 0.3 is 0 Å². The zero-order chi connectivity index (χ0) is 10.6. The van der Waals surface area contributed by atoms with Crippen molar-refractivity contribution in [3.05, 3.63) is 0 Å². The van der Waals surface area contributed by atoms with Crippen molar-refractivity contribution in [1.29, 1.82) is 0 Å². The first-order valence-electron chi connectivity index (χ1n) is 5.27. The summed E-state index contributed by atoms with van der Waals surface area (Å²) in [6.07, 6.45) is 3.42. The van der Waals surface area contributed by atoms with Gasteiger partial charge in [-0.3, -0.25) is 14.9 Å². The van der Waals surface area contributed by atoms with Crippen LogP contribution in [0.5, 0.6) is 0 Å². The first kappa shape index (κ1) is 11.2. The van der Waals surface area contributed by atoms with Gasteiger partial charge in [0.15, 0.2) is 0 Å². The molecule has 0 aromatic heterocycles. The summed E-state index contributed by atoms with van der Waals surface area (Å²) < 4.78 is 0. The molecule has 1 rings (SSSR count). The molecular weight excluding hydrogens is 180 g/mol. The van der Waals surface area contributed by atoms with Crippen LogP contribution >= 0.6 is 0 Å². The second-order valence-corrected chi connectivity index (χ2v) is 3.73. The van der Waals surface area contributed by atoms with Crippen molar-refractivity contribution in [2.75, 3.05) is 0 Å². The van der Waals surface area contributed by atoms with E-state index in [9.17, 15) is 9.59 Å². The van der Waals surface area contributed by atoms with Crippen LogP contribution in [-0.2, 0) is 9.59 Å². The largest absolute Gasteiger partial charge is 0.303 e. The van der Waals surface area contributed by atoms with Crippen molar-refractivity contribution in [2.45, 2.75) is 51.6 Å². The van der Waals surface area contributed by atoms with Gasteiger partial charge in [-0.15, -0.1) is 0 Å². The van der Waals surface area contributed by atoms with Gasteiger partial charge in [-0.25, -0.2) is 0 Å². The van der Waals surface area contributed by atoms with Crippen LogP contribution in [0.15, 0.2) is 0 Å². The Morgan fingerprint density at radius 2 is 2.21 bits per heavy atom. The Balaban J connectivity index is 2.42. The number of carbonyl (C=O) groups excluding carboxylic acids is 2. The van der Waals surface area contributed by atoms with E-state index in [1.807, 2.05) is 0 Å². The number of imide groups is 1. The molecule has 1 fully saturated rings. The van der Waals surface area contributed by atoms with E-state index in [0.29, 0.717) is 12.5 Å². The van der Waals surface area contributed by atoms with E-state index in [4.69, 9.17) is 0 Å². The van der Waals surface area contributed by atoms with Gasteiger partial charge in [0.05, 0.1) is 12.5 Å². The van der Waals surface area contributed by atoms with Crippen molar-refractivity contribution in [1.82, 2.24) is 10.6 Å². The highest BCUT2D eigenvalue weighted by Crippen LogP contribution is 2.07. The maximum atomic E-state index is 11.2. The molecule has 2 N–H and O–H groups in total. The zero-order valence-corrected chi connectivity index (χ0v) is 8.80. The van der Waals surface area contributed by atoms with Crippen molar-refractivity contribution < 1.29 is 9.59 Å². The van der Waals surface area contributed by atoms with Crippen LogP contribution in [0.3, 0.4) is 0 Å². The lowest BCUT2D eigenvalue weighted by Gasteiger charge is -2.18. The third-order valence-electron chi connectivity index (χ3n) is 2.54. The predicted octanol–water partition coefficient (Wildman–Crippen LogP) is 0.570. The number of hydrogen-bond acceptors (Lipinski definition) is 3. The summed E-state index contributed by atoms with van der Waals surface area (Å²) in [6.45, 7) is 4.20. The minimum Gasteiger partial charge on any atom is -0.303 e. The molecule has 80 valence electrons. The van der Waals surface area contributed by atoms with Crippen LogP contribution < -0.4 is 10.6 Å². The fraction of sp³-hybridized carbons (Fsp3) is 0.800. The second kappa shape index (κ2) is 5.10. The third-order valence-corrected chi connectivity index (χ3v) is 2.54. The molecule has 1 heterocycles. The van der Waals surface area contributed by atoms with Crippen LogP contribution in [0.1, 0.15) is 39.5 Å². The number of carbonyl (C=O) groups is 2. The fourth-order valence-electron chi connectivity index (χ4n) is 1.73. The number of nitrogens with one attached hydrogen (secondary N) is 2. The normalized spacial score (nSPS) is 23.7. The Bertz CT molecular complexity index is 228. The molecule has 1 aliphatic rings. The lowest BCUT2D eigenvalue weighted by Crippen LogP contribution is -2.42. The first-order chi connectivity index (χ1) is 6.67. The molecule has 2 amide bonds. The highest BCUT2D eigenvalue weighted by Gasteiger charge is 2.31. The molecule has 4 heteroatoms. The molecule has 0 bridgehead atoms. The van der Waals surface area contributed by atoms with Crippen molar-refractivity contribution in [3.63, 3.8) is 0 Å². The fourth-order valence-corrected chi connectivity index (χ4v) is 1.73. The summed E-state index contributed by atoms with van der Waals surface area (Å²) >= 11 is 0. The molecule has 0 radical (unpaired) electrons. The van der Waals surface area contributed by atoms with Gasteiger partial charge in [0, 0.05) is 6.04 Å². The molecule has 14 heavy (non-hydrogen) atoms. The third kappa shape index (κ3) is 2.80. The van der Waals surface area contributed by atoms with Gasteiger partial charge in [-0.1, -0.05) is 20.3 Å². The Labute approximate surface area is 84.4 Å². The maximum Gasteiger partial charge on any atom is 0.244 e. The smallest absolute Gasteiger partial charge is 0.244 e. The number of amides is 2. The summed E-state index contributed by atoms with van der Waals surface area (Å²) in [5.41, 5.74) is 0. The van der Waals surface area contributed by atoms with E-state index < -0.39 is 0 Å². The molecule has 0 aromatic carbocycles. The van der Waals surface area contributed by atoms with Crippen LogP contribution in [0.2, 0.25) is 0 Å². The van der Waals surface area contributed by atoms with Gasteiger partial charge < -0.3 is 5.32 Å². The lowest BCUT2D eigenvalue weighted by molar-refractivity contribution is -0.125. The summed E-state index contributed by atoms with van der Waals surface area (Å²) in [5.74, 6) is -0.344. The van der Waals surface area contributed by atoms with E-state index in [2.05, 4.69) is 24.5 Å². The van der Waals surface area contributed by atoms with Crippen LogP contribution in [0.4, 0.5) is 0 Å². The monoisotopic (exact) mass is 198 g/mol. The molecule has 2 unspecified atom stereocenters. The summed E-state index contributed by atoms with van der Waals surface area (Å²) in [6, 6.07) is 0.0423. The number of hydrogen-bond donors (Lipinski definition) is 2. The van der Waals surface area contributed by atoms with E-state index >= 15 is 0 Å². The lowest BCUT2D eigenvalue weighted by atomic mass is 10.1. The van der Waals surface area contributed by atoms with Crippen LogP contribution in [0, 0.1) is 0 Å². The topological polar surface area (TPSA) is 58.2 Å². The molecule has 1 aliphatic heterocycles. The van der Waals surface area contributed by atoms with Gasteiger partial charge in [-0.05, 0) is 12.8 Å². The molecule has 0 spiro atoms. The van der Waals surface area contributed by atoms with Crippen LogP contribution in [-0.4, -0.2) is 23.9 Å². The Kier molecular flexibility index (Phi) is 4.07. The van der Waals surface area contributed by atoms with Gasteiger partial charge in [0.2, 0.25) is 11.8 Å². The van der Waals surface area contributed by atoms with Gasteiger partial charge in [0.25, 0.3) is 0 Å². The number of rotatable bonds is 5. The predicted molar refractivity (Wildman–Crippen MR) is 53.7 cm³/mol. The molecule has 4 nitrogen and oxygen atoms in total. The Morgan fingerprint density at radius 1 is 1.50 bits per heavy atom. The zero-order valence-electron chi connectivity index (χ0n) is 8.80. The standard InChI is InChI=1S/C10H18N2O2/c1-3-5-7(4-2)11-8-6-9(13)12-10(8)14/h7-8,11H,3-6H2,1-2H3,(H,12,13,14). The molecule has 2 atom stereocenters. The molecule has 0 saturated carbocycles. The highest BCUT2D eigenvalue weighted by atomic mass is 16.2. The van der Waals surface area contributed by atoms with E-state index in [1.54, 1.807) is 0 Å². The van der Waals surface area contributed by atoms with E-state index in [-0.39, 0.29) is 17.9 Å². The highest BCUT2D eigenvalue weighted by molar-refractivity contribution is 6.05. The second-order valence-electron chi connectivity index (χ2n) is 3.73. The van der Waals surface area contributed by atoms with Gasteiger partial charge in [0.1, 0.15) is 0 Å². The summed E-state index contributed by atoms with van der Waals surface area (Å²) in [7, 11) is 0. The van der Waals surface area contributed by atoms with E-state index in [0.717, 1.165) is 19.3 Å². The molecule has 1 saturated heterocycles. The maximum absolute atomic E-state index is 11.2. The van der Waals surface area contributed by atoms with Crippen molar-refractivity contribution >= 4 is 11.8 Å². The summed E-state index contributed by atoms with van der Waals surface area (Å²) in [5, 5.41) is 5.51. The minimum absolute atomic E-state index is 0.168. The molecule has 0 aromatic rings. The summed E-state index contributed by atoms with van der Waals surface area (Å²) in [4.78, 5) is 22.2. The minimum atomic E-state index is -0.306. The first-order valence-corrected chi connectivity index (χ1v) is 5.27. The molecule has 0 aliphatic carbocycles. The SMILES string of the molecule is CCCC(CC)NC1CC(=O)NC1=O. The van der Waals surface area contributed by atoms with Gasteiger partial charge in [-0.2, -0.15) is 0 Å². The quantitative estimate of drug-likeness (QED) is 0.635. The van der Waals surface area contributed by atoms with E-state index in [1.165, 1.54) is 0 Å². The van der Waals surface area contributed by atoms with Crippen molar-refractivity contribution in [2.24, 2.45) is 0 Å². The molecular formula is C10H18N2O2. The average Bonchev–Trinajstić information content (AvgIpc) is 2.44. The van der Waals surface area contributed by atoms with Crippen molar-refractivity contribution in [3.8, 4) is 0 Å². The Morgan fingerprint density at radius 3 is 2.64 bits per heavy atom. The van der Waals surface area contributed by atoms with Crippen LogP contribution in [0.25, 0.3) is 0 Å².